The lowest BCUT2D eigenvalue weighted by molar-refractivity contribution is 0.292. The van der Waals surface area contributed by atoms with Crippen LogP contribution >= 0.6 is 11.6 Å². The molecule has 5 aromatic rings. The molecule has 1 aliphatic carbocycles. The Morgan fingerprint density at radius 2 is 2.10 bits per heavy atom. The highest BCUT2D eigenvalue weighted by Gasteiger charge is 2.28. The van der Waals surface area contributed by atoms with Gasteiger partial charge in [-0.2, -0.15) is 10.1 Å². The van der Waals surface area contributed by atoms with Crippen molar-refractivity contribution in [3.05, 3.63) is 75.2 Å². The van der Waals surface area contributed by atoms with E-state index >= 15 is 0 Å². The van der Waals surface area contributed by atoms with Crippen molar-refractivity contribution in [3.63, 3.8) is 0 Å². The van der Waals surface area contributed by atoms with Crippen LogP contribution in [-0.2, 0) is 20.1 Å². The lowest BCUT2D eigenvalue weighted by atomic mass is 10.1. The number of aryl methyl sites for hydroxylation is 1. The molecule has 0 atom stereocenters. The van der Waals surface area contributed by atoms with Gasteiger partial charge in [0.15, 0.2) is 5.65 Å². The Morgan fingerprint density at radius 3 is 2.85 bits per heavy atom. The van der Waals surface area contributed by atoms with Crippen LogP contribution in [0.1, 0.15) is 24.8 Å². The third kappa shape index (κ3) is 4.75. The third-order valence-corrected chi connectivity index (χ3v) is 7.34. The molecule has 0 spiro atoms. The summed E-state index contributed by atoms with van der Waals surface area (Å²) in [6, 6.07) is 9.38. The molecule has 39 heavy (non-hydrogen) atoms. The van der Waals surface area contributed by atoms with Gasteiger partial charge >= 0.3 is 5.69 Å². The number of aliphatic hydroxyl groups excluding tert-OH is 1. The first kappa shape index (κ1) is 25.1. The zero-order valence-electron chi connectivity index (χ0n) is 21.4. The predicted molar refractivity (Wildman–Crippen MR) is 151 cm³/mol. The van der Waals surface area contributed by atoms with Gasteiger partial charge in [0.1, 0.15) is 5.82 Å². The largest absolute Gasteiger partial charge is 0.396 e. The van der Waals surface area contributed by atoms with Gasteiger partial charge in [0, 0.05) is 49.5 Å². The Hall–Kier alpha value is -4.20. The summed E-state index contributed by atoms with van der Waals surface area (Å²) >= 11 is 6.34. The van der Waals surface area contributed by atoms with Gasteiger partial charge in [-0.3, -0.25) is 14.2 Å². The number of hydrogen-bond donors (Lipinski definition) is 2. The summed E-state index contributed by atoms with van der Waals surface area (Å²) in [6.07, 6.45) is 6.20. The van der Waals surface area contributed by atoms with Gasteiger partial charge in [-0.25, -0.2) is 9.64 Å². The fourth-order valence-corrected chi connectivity index (χ4v) is 5.16. The van der Waals surface area contributed by atoms with E-state index in [4.69, 9.17) is 23.3 Å². The monoisotopic (exact) mass is 542 g/mol. The summed E-state index contributed by atoms with van der Waals surface area (Å²) in [5.74, 6) is 0.856. The fourth-order valence-electron chi connectivity index (χ4n) is 4.99. The number of benzene rings is 1. The third-order valence-electron chi connectivity index (χ3n) is 7.11. The second kappa shape index (κ2) is 10.2. The minimum Gasteiger partial charge on any atom is -0.396 e. The van der Waals surface area contributed by atoms with Crippen LogP contribution in [0.3, 0.4) is 0 Å². The number of rotatable bonds is 9. The number of aromatic nitrogens is 6. The standard InChI is InChI=1S/C28H27ClN8O2/c1-30-20-13-23(35(2)16-20)25-24-26(32-9-3-11-38)33-28(39)36(14-17-4-5-17)27(24)34-37(25)15-18-8-10-31-22-7-6-19(29)12-21(18)22/h6-8,10,12-13,16-17,38H,3-5,9,11,14-15H2,2H3,(H,32,33,39). The number of pyridine rings is 1. The van der Waals surface area contributed by atoms with Gasteiger partial charge in [-0.05, 0) is 61.1 Å². The average molecular weight is 543 g/mol. The normalized spacial score (nSPS) is 13.3. The summed E-state index contributed by atoms with van der Waals surface area (Å²) in [6.45, 7) is 8.97. The molecule has 0 amide bonds. The molecule has 1 aliphatic rings. The van der Waals surface area contributed by atoms with Crippen LogP contribution in [0.5, 0.6) is 0 Å². The molecule has 0 bridgehead atoms. The highest BCUT2D eigenvalue weighted by atomic mass is 35.5. The van der Waals surface area contributed by atoms with E-state index in [0.29, 0.717) is 59.5 Å². The fraction of sp³-hybridized carbons (Fsp3) is 0.321. The zero-order chi connectivity index (χ0) is 27.1. The molecule has 6 rings (SSSR count). The van der Waals surface area contributed by atoms with Crippen molar-refractivity contribution >= 4 is 45.0 Å². The molecule has 4 aromatic heterocycles. The number of halogens is 1. The molecular weight excluding hydrogens is 516 g/mol. The highest BCUT2D eigenvalue weighted by molar-refractivity contribution is 6.31. The van der Waals surface area contributed by atoms with Crippen molar-refractivity contribution in [1.29, 1.82) is 0 Å². The first-order valence-electron chi connectivity index (χ1n) is 12.9. The highest BCUT2D eigenvalue weighted by Crippen LogP contribution is 2.37. The second-order valence-corrected chi connectivity index (χ2v) is 10.4. The Labute approximate surface area is 229 Å². The molecule has 0 aliphatic heterocycles. The van der Waals surface area contributed by atoms with Crippen molar-refractivity contribution in [1.82, 2.24) is 28.9 Å². The topological polar surface area (TPSA) is 107 Å². The van der Waals surface area contributed by atoms with Crippen LogP contribution in [0, 0.1) is 12.5 Å². The van der Waals surface area contributed by atoms with E-state index in [-0.39, 0.29) is 12.3 Å². The summed E-state index contributed by atoms with van der Waals surface area (Å²) in [5, 5.41) is 19.9. The summed E-state index contributed by atoms with van der Waals surface area (Å²) in [5.41, 5.74) is 4.01. The summed E-state index contributed by atoms with van der Waals surface area (Å²) in [4.78, 5) is 25.8. The van der Waals surface area contributed by atoms with Crippen molar-refractivity contribution in [3.8, 4) is 11.4 Å². The molecule has 11 heteroatoms. The quantitative estimate of drug-likeness (QED) is 0.208. The Balaban J connectivity index is 1.62. The molecule has 1 saturated carbocycles. The van der Waals surface area contributed by atoms with Crippen LogP contribution in [0.4, 0.5) is 11.5 Å². The SMILES string of the molecule is [C-]#[N+]c1cc(-c2c3c(NCCCO)nc(=O)n(CC4CC4)c3nn2Cc2ccnc3ccc(Cl)cc23)n(C)c1. The molecule has 10 nitrogen and oxygen atoms in total. The van der Waals surface area contributed by atoms with Gasteiger partial charge < -0.3 is 15.0 Å². The van der Waals surface area contributed by atoms with Crippen LogP contribution in [0.15, 0.2) is 47.5 Å². The number of nitrogens with zero attached hydrogens (tertiary/aromatic N) is 7. The number of aliphatic hydroxyl groups is 1. The van der Waals surface area contributed by atoms with E-state index < -0.39 is 0 Å². The summed E-state index contributed by atoms with van der Waals surface area (Å²) < 4.78 is 5.45. The first-order chi connectivity index (χ1) is 19.0. The maximum absolute atomic E-state index is 13.2. The second-order valence-electron chi connectivity index (χ2n) is 9.94. The number of anilines is 1. The molecule has 0 saturated heterocycles. The maximum atomic E-state index is 13.2. The van der Waals surface area contributed by atoms with Crippen molar-refractivity contribution < 1.29 is 5.11 Å². The Morgan fingerprint density at radius 1 is 1.26 bits per heavy atom. The molecule has 2 N–H and O–H groups in total. The molecule has 1 fully saturated rings. The van der Waals surface area contributed by atoms with Gasteiger partial charge in [-0.15, -0.1) is 0 Å². The average Bonchev–Trinajstić information content (AvgIpc) is 3.56. The number of fused-ring (bicyclic) bond motifs is 2. The summed E-state index contributed by atoms with van der Waals surface area (Å²) in [7, 11) is 1.89. The number of nitrogens with one attached hydrogen (secondary N) is 1. The van der Waals surface area contributed by atoms with E-state index in [1.54, 1.807) is 17.0 Å². The van der Waals surface area contributed by atoms with E-state index in [0.717, 1.165) is 40.7 Å². The van der Waals surface area contributed by atoms with Gasteiger partial charge in [0.25, 0.3) is 0 Å². The van der Waals surface area contributed by atoms with E-state index in [9.17, 15) is 9.90 Å². The van der Waals surface area contributed by atoms with Crippen LogP contribution in [0.25, 0.3) is 38.2 Å². The predicted octanol–water partition coefficient (Wildman–Crippen LogP) is 4.60. The minimum atomic E-state index is -0.355. The Bertz CT molecular complexity index is 1810. The van der Waals surface area contributed by atoms with Crippen molar-refractivity contribution in [2.24, 2.45) is 13.0 Å². The molecule has 0 radical (unpaired) electrons. The molecule has 4 heterocycles. The Kier molecular flexibility index (Phi) is 6.54. The zero-order valence-corrected chi connectivity index (χ0v) is 22.2. The molecular formula is C28H27ClN8O2. The van der Waals surface area contributed by atoms with Crippen LogP contribution in [-0.4, -0.2) is 47.1 Å². The van der Waals surface area contributed by atoms with Crippen molar-refractivity contribution in [2.45, 2.75) is 32.4 Å². The smallest absolute Gasteiger partial charge is 0.351 e. The van der Waals surface area contributed by atoms with Crippen LogP contribution < -0.4 is 11.0 Å². The van der Waals surface area contributed by atoms with Crippen molar-refractivity contribution in [2.75, 3.05) is 18.5 Å². The van der Waals surface area contributed by atoms with Gasteiger partial charge in [0.2, 0.25) is 5.69 Å². The van der Waals surface area contributed by atoms with Gasteiger partial charge in [0.05, 0.1) is 35.4 Å². The first-order valence-corrected chi connectivity index (χ1v) is 13.3. The number of hydrogen-bond acceptors (Lipinski definition) is 6. The molecule has 1 aromatic carbocycles. The lowest BCUT2D eigenvalue weighted by Gasteiger charge is -2.13. The minimum absolute atomic E-state index is 0.0187. The molecule has 198 valence electrons. The van der Waals surface area contributed by atoms with Gasteiger partial charge in [-0.1, -0.05) is 11.6 Å². The maximum Gasteiger partial charge on any atom is 0.351 e. The van der Waals surface area contributed by atoms with E-state index in [1.165, 1.54) is 0 Å². The van der Waals surface area contributed by atoms with Crippen LogP contribution in [0.2, 0.25) is 5.02 Å². The lowest BCUT2D eigenvalue weighted by Crippen LogP contribution is -2.26. The van der Waals surface area contributed by atoms with E-state index in [1.807, 2.05) is 46.6 Å². The van der Waals surface area contributed by atoms with E-state index in [2.05, 4.69) is 20.1 Å². The molecule has 0 unspecified atom stereocenters.